The summed E-state index contributed by atoms with van der Waals surface area (Å²) in [4.78, 5) is 0.720. The Morgan fingerprint density at radius 1 is 1.20 bits per heavy atom. The first-order chi connectivity index (χ1) is 9.38. The minimum Gasteiger partial charge on any atom is -0.384 e. The molecule has 2 atom stereocenters. The maximum atomic E-state index is 12.3. The van der Waals surface area contributed by atoms with Crippen LogP contribution in [-0.2, 0) is 16.4 Å². The first-order valence-electron chi connectivity index (χ1n) is 6.32. The van der Waals surface area contributed by atoms with Crippen molar-refractivity contribution in [1.29, 1.82) is 0 Å². The molecule has 0 heterocycles. The lowest BCUT2D eigenvalue weighted by Crippen LogP contribution is -2.28. The summed E-state index contributed by atoms with van der Waals surface area (Å²) >= 11 is 5.93. The van der Waals surface area contributed by atoms with Gasteiger partial charge in [0.25, 0.3) is 0 Å². The summed E-state index contributed by atoms with van der Waals surface area (Å²) in [7, 11) is -1.26. The van der Waals surface area contributed by atoms with Crippen LogP contribution in [0.15, 0.2) is 53.4 Å². The molecule has 0 spiro atoms. The van der Waals surface area contributed by atoms with Crippen molar-refractivity contribution >= 4 is 22.4 Å². The molecule has 0 radical (unpaired) electrons. The summed E-state index contributed by atoms with van der Waals surface area (Å²) in [5.41, 5.74) is 0.610. The molecular formula is C16H17ClO2S. The van der Waals surface area contributed by atoms with Crippen LogP contribution in [0.25, 0.3) is 0 Å². The number of benzene rings is 2. The first kappa shape index (κ1) is 15.2. The number of aryl methyl sites for hydroxylation is 1. The number of rotatable bonds is 4. The Labute approximate surface area is 126 Å². The summed E-state index contributed by atoms with van der Waals surface area (Å²) in [5, 5.41) is 11.1. The summed E-state index contributed by atoms with van der Waals surface area (Å²) in [6.07, 6.45) is 0. The lowest BCUT2D eigenvalue weighted by molar-refractivity contribution is 0.0829. The van der Waals surface area contributed by atoms with Crippen LogP contribution in [0.1, 0.15) is 18.1 Å². The number of aliphatic hydroxyl groups is 1. The maximum Gasteiger partial charge on any atom is 0.0987 e. The molecule has 0 aromatic heterocycles. The van der Waals surface area contributed by atoms with E-state index in [0.717, 1.165) is 10.5 Å². The SMILES string of the molecule is Cc1ccc(S(=O)C[C@](C)(O)c2cccc(Cl)c2)cc1. The molecule has 0 fully saturated rings. The molecule has 2 aromatic rings. The van der Waals surface area contributed by atoms with E-state index in [-0.39, 0.29) is 5.75 Å². The smallest absolute Gasteiger partial charge is 0.0987 e. The van der Waals surface area contributed by atoms with Gasteiger partial charge < -0.3 is 5.11 Å². The van der Waals surface area contributed by atoms with Crippen molar-refractivity contribution in [2.45, 2.75) is 24.3 Å². The van der Waals surface area contributed by atoms with Crippen LogP contribution in [0.4, 0.5) is 0 Å². The highest BCUT2D eigenvalue weighted by molar-refractivity contribution is 7.85. The van der Waals surface area contributed by atoms with Crippen molar-refractivity contribution in [3.05, 3.63) is 64.7 Å². The number of halogens is 1. The minimum absolute atomic E-state index is 0.135. The topological polar surface area (TPSA) is 37.3 Å². The molecule has 0 amide bonds. The van der Waals surface area contributed by atoms with E-state index in [1.165, 1.54) is 0 Å². The van der Waals surface area contributed by atoms with Gasteiger partial charge in [-0.05, 0) is 43.7 Å². The molecule has 0 aliphatic carbocycles. The van der Waals surface area contributed by atoms with Crippen molar-refractivity contribution < 1.29 is 9.32 Å². The normalized spacial score (nSPS) is 15.6. The summed E-state index contributed by atoms with van der Waals surface area (Å²) in [5.74, 6) is 0.135. The predicted octanol–water partition coefficient (Wildman–Crippen LogP) is 3.66. The lowest BCUT2D eigenvalue weighted by atomic mass is 9.98. The Hall–Kier alpha value is -1.16. The van der Waals surface area contributed by atoms with Crippen LogP contribution in [0.5, 0.6) is 0 Å². The van der Waals surface area contributed by atoms with Crippen LogP contribution in [0.2, 0.25) is 5.02 Å². The zero-order valence-corrected chi connectivity index (χ0v) is 13.0. The summed E-state index contributed by atoms with van der Waals surface area (Å²) < 4.78 is 12.3. The molecule has 0 aliphatic rings. The fourth-order valence-electron chi connectivity index (χ4n) is 1.94. The lowest BCUT2D eigenvalue weighted by Gasteiger charge is -2.23. The second-order valence-electron chi connectivity index (χ2n) is 5.09. The Morgan fingerprint density at radius 2 is 1.85 bits per heavy atom. The zero-order valence-electron chi connectivity index (χ0n) is 11.5. The minimum atomic E-state index is -1.26. The first-order valence-corrected chi connectivity index (χ1v) is 8.02. The average Bonchev–Trinajstić information content (AvgIpc) is 2.39. The zero-order chi connectivity index (χ0) is 14.8. The number of hydrogen-bond acceptors (Lipinski definition) is 2. The third kappa shape index (κ3) is 3.69. The van der Waals surface area contributed by atoms with Gasteiger partial charge in [-0.2, -0.15) is 0 Å². The van der Waals surface area contributed by atoms with Crippen LogP contribution in [0.3, 0.4) is 0 Å². The third-order valence-electron chi connectivity index (χ3n) is 3.14. The highest BCUT2D eigenvalue weighted by atomic mass is 35.5. The second-order valence-corrected chi connectivity index (χ2v) is 6.97. The van der Waals surface area contributed by atoms with Gasteiger partial charge in [-0.3, -0.25) is 4.21 Å². The van der Waals surface area contributed by atoms with Gasteiger partial charge in [0.15, 0.2) is 0 Å². The Balaban J connectivity index is 2.19. The van der Waals surface area contributed by atoms with E-state index < -0.39 is 16.4 Å². The molecule has 1 unspecified atom stereocenters. The van der Waals surface area contributed by atoms with Gasteiger partial charge in [0.1, 0.15) is 0 Å². The molecule has 0 saturated carbocycles. The Bertz CT molecular complexity index is 621. The van der Waals surface area contributed by atoms with Gasteiger partial charge in [-0.15, -0.1) is 0 Å². The predicted molar refractivity (Wildman–Crippen MR) is 83.5 cm³/mol. The van der Waals surface area contributed by atoms with E-state index in [1.807, 2.05) is 31.2 Å². The molecule has 2 rings (SSSR count). The second kappa shape index (κ2) is 6.08. The molecule has 2 aromatic carbocycles. The molecule has 0 aliphatic heterocycles. The fourth-order valence-corrected chi connectivity index (χ4v) is 3.41. The van der Waals surface area contributed by atoms with Crippen molar-refractivity contribution in [3.8, 4) is 0 Å². The van der Waals surface area contributed by atoms with Crippen molar-refractivity contribution in [3.63, 3.8) is 0 Å². The monoisotopic (exact) mass is 308 g/mol. The molecule has 1 N–H and O–H groups in total. The molecule has 20 heavy (non-hydrogen) atoms. The van der Waals surface area contributed by atoms with Crippen LogP contribution in [-0.4, -0.2) is 15.1 Å². The van der Waals surface area contributed by atoms with E-state index in [0.29, 0.717) is 10.6 Å². The fraction of sp³-hybridized carbons (Fsp3) is 0.250. The quantitative estimate of drug-likeness (QED) is 0.936. The van der Waals surface area contributed by atoms with E-state index in [1.54, 1.807) is 31.2 Å². The van der Waals surface area contributed by atoms with E-state index >= 15 is 0 Å². The molecule has 0 saturated heterocycles. The highest BCUT2D eigenvalue weighted by Crippen LogP contribution is 2.26. The van der Waals surface area contributed by atoms with Crippen LogP contribution in [0, 0.1) is 6.92 Å². The Morgan fingerprint density at radius 3 is 2.45 bits per heavy atom. The molecule has 2 nitrogen and oxygen atoms in total. The molecule has 106 valence electrons. The average molecular weight is 309 g/mol. The summed E-state index contributed by atoms with van der Waals surface area (Å²) in [6, 6.07) is 14.5. The Kier molecular flexibility index (Phi) is 4.63. The van der Waals surface area contributed by atoms with Gasteiger partial charge in [-0.1, -0.05) is 41.4 Å². The van der Waals surface area contributed by atoms with Crippen molar-refractivity contribution in [2.75, 3.05) is 5.75 Å². The largest absolute Gasteiger partial charge is 0.384 e. The standard InChI is InChI=1S/C16H17ClO2S/c1-12-6-8-15(9-7-12)20(19)11-16(2,18)13-4-3-5-14(17)10-13/h3-10,18H,11H2,1-2H3/t16-,20?/m0/s1. The summed E-state index contributed by atoms with van der Waals surface area (Å²) in [6.45, 7) is 3.64. The van der Waals surface area contributed by atoms with Crippen LogP contribution >= 0.6 is 11.6 Å². The van der Waals surface area contributed by atoms with E-state index in [2.05, 4.69) is 0 Å². The van der Waals surface area contributed by atoms with Crippen LogP contribution < -0.4 is 0 Å². The van der Waals surface area contributed by atoms with E-state index in [4.69, 9.17) is 11.6 Å². The van der Waals surface area contributed by atoms with Gasteiger partial charge in [-0.25, -0.2) is 0 Å². The van der Waals surface area contributed by atoms with Gasteiger partial charge in [0.2, 0.25) is 0 Å². The number of hydrogen-bond donors (Lipinski definition) is 1. The third-order valence-corrected chi connectivity index (χ3v) is 5.00. The molecule has 0 bridgehead atoms. The molecular weight excluding hydrogens is 292 g/mol. The highest BCUT2D eigenvalue weighted by Gasteiger charge is 2.26. The van der Waals surface area contributed by atoms with Gasteiger partial charge in [0, 0.05) is 9.92 Å². The van der Waals surface area contributed by atoms with Gasteiger partial charge >= 0.3 is 0 Å². The van der Waals surface area contributed by atoms with Gasteiger partial charge in [0.05, 0.1) is 22.2 Å². The van der Waals surface area contributed by atoms with E-state index in [9.17, 15) is 9.32 Å². The molecule has 4 heteroatoms. The van der Waals surface area contributed by atoms with Crippen molar-refractivity contribution in [1.82, 2.24) is 0 Å². The van der Waals surface area contributed by atoms with Crippen molar-refractivity contribution in [2.24, 2.45) is 0 Å². The maximum absolute atomic E-state index is 12.3.